The minimum absolute atomic E-state index is 0.292. The number of carbonyl (C=O) groups excluding carboxylic acids is 1. The summed E-state index contributed by atoms with van der Waals surface area (Å²) >= 11 is 2.92. The number of thioether (sulfide) groups is 2. The van der Waals surface area contributed by atoms with Crippen LogP contribution in [0.1, 0.15) is 33.1 Å². The number of unbranched alkanes of at least 4 members (excludes halogenated alkanes) is 1. The molecule has 0 saturated heterocycles. The molecule has 0 bridgehead atoms. The molecule has 0 spiro atoms. The number of rotatable bonds is 5. The summed E-state index contributed by atoms with van der Waals surface area (Å²) in [5.74, 6) is 1.96. The van der Waals surface area contributed by atoms with Crippen molar-refractivity contribution >= 4 is 28.0 Å². The molecule has 0 aliphatic carbocycles. The number of hydrogen-bond acceptors (Lipinski definition) is 3. The normalized spacial score (nSPS) is 10.0. The van der Waals surface area contributed by atoms with Gasteiger partial charge in [-0.1, -0.05) is 43.8 Å². The fourth-order valence-corrected chi connectivity index (χ4v) is 2.33. The van der Waals surface area contributed by atoms with Crippen LogP contribution >= 0.6 is 23.5 Å². The molecule has 0 N–H and O–H groups in total. The van der Waals surface area contributed by atoms with Crippen molar-refractivity contribution in [3.8, 4) is 0 Å². The predicted octanol–water partition coefficient (Wildman–Crippen LogP) is 3.78. The summed E-state index contributed by atoms with van der Waals surface area (Å²) in [6.45, 7) is 4.24. The van der Waals surface area contributed by atoms with Crippen molar-refractivity contribution in [1.82, 2.24) is 0 Å². The standard InChI is InChI=1S/C8H16OS2/c1-3-5-7-11-8(9)10-6-4-2/h3-7H2,1-2H3. The van der Waals surface area contributed by atoms with Crippen LogP contribution in [0.5, 0.6) is 0 Å². The van der Waals surface area contributed by atoms with Crippen molar-refractivity contribution in [1.29, 1.82) is 0 Å². The molecule has 11 heavy (non-hydrogen) atoms. The van der Waals surface area contributed by atoms with Gasteiger partial charge in [-0.15, -0.1) is 0 Å². The largest absolute Gasteiger partial charge is 0.274 e. The third-order valence-corrected chi connectivity index (χ3v) is 3.43. The Morgan fingerprint density at radius 2 is 1.73 bits per heavy atom. The van der Waals surface area contributed by atoms with E-state index in [4.69, 9.17) is 0 Å². The highest BCUT2D eigenvalue weighted by atomic mass is 32.2. The van der Waals surface area contributed by atoms with E-state index in [1.807, 2.05) is 0 Å². The average Bonchev–Trinajstić information content (AvgIpc) is 2.01. The highest BCUT2D eigenvalue weighted by Gasteiger charge is 2.00. The topological polar surface area (TPSA) is 17.1 Å². The van der Waals surface area contributed by atoms with E-state index in [1.165, 1.54) is 29.9 Å². The molecule has 0 aromatic carbocycles. The van der Waals surface area contributed by atoms with E-state index in [0.717, 1.165) is 24.3 Å². The molecule has 0 aromatic rings. The van der Waals surface area contributed by atoms with E-state index in [0.29, 0.717) is 4.45 Å². The summed E-state index contributed by atoms with van der Waals surface area (Å²) in [5, 5.41) is 0. The van der Waals surface area contributed by atoms with Crippen LogP contribution in [-0.2, 0) is 0 Å². The molecule has 0 aliphatic rings. The Balaban J connectivity index is 3.09. The van der Waals surface area contributed by atoms with Crippen molar-refractivity contribution in [3.05, 3.63) is 0 Å². The Kier molecular flexibility index (Phi) is 8.75. The first-order valence-electron chi connectivity index (χ1n) is 4.10. The Morgan fingerprint density at radius 1 is 1.09 bits per heavy atom. The molecule has 0 atom stereocenters. The van der Waals surface area contributed by atoms with Gasteiger partial charge in [-0.3, -0.25) is 4.79 Å². The van der Waals surface area contributed by atoms with Gasteiger partial charge >= 0.3 is 0 Å². The van der Waals surface area contributed by atoms with Gasteiger partial charge in [0.25, 0.3) is 0 Å². The quantitative estimate of drug-likeness (QED) is 0.617. The molecule has 0 amide bonds. The second kappa shape index (κ2) is 8.47. The lowest BCUT2D eigenvalue weighted by Crippen LogP contribution is -1.86. The first-order valence-corrected chi connectivity index (χ1v) is 6.08. The summed E-state index contributed by atoms with van der Waals surface area (Å²) < 4.78 is 0.292. The molecule has 66 valence electrons. The van der Waals surface area contributed by atoms with Crippen LogP contribution in [0.4, 0.5) is 4.79 Å². The van der Waals surface area contributed by atoms with Crippen molar-refractivity contribution in [3.63, 3.8) is 0 Å². The van der Waals surface area contributed by atoms with Crippen LogP contribution in [0.15, 0.2) is 0 Å². The van der Waals surface area contributed by atoms with Crippen molar-refractivity contribution in [2.24, 2.45) is 0 Å². The minimum atomic E-state index is 0.292. The first-order chi connectivity index (χ1) is 5.31. The minimum Gasteiger partial charge on any atom is -0.274 e. The van der Waals surface area contributed by atoms with Crippen LogP contribution in [0.25, 0.3) is 0 Å². The third-order valence-electron chi connectivity index (χ3n) is 1.14. The molecule has 0 aliphatic heterocycles. The van der Waals surface area contributed by atoms with E-state index in [-0.39, 0.29) is 0 Å². The van der Waals surface area contributed by atoms with E-state index < -0.39 is 0 Å². The molecule has 3 heteroatoms. The number of hydrogen-bond donors (Lipinski definition) is 0. The van der Waals surface area contributed by atoms with Crippen LogP contribution in [-0.4, -0.2) is 16.0 Å². The first kappa shape index (κ1) is 11.4. The Bertz CT molecular complexity index is 104. The molecule has 1 nitrogen and oxygen atoms in total. The van der Waals surface area contributed by atoms with Crippen molar-refractivity contribution < 1.29 is 4.79 Å². The summed E-state index contributed by atoms with van der Waals surface area (Å²) in [6, 6.07) is 0. The van der Waals surface area contributed by atoms with E-state index in [1.54, 1.807) is 0 Å². The lowest BCUT2D eigenvalue weighted by Gasteiger charge is -1.96. The molecular formula is C8H16OS2. The second-order valence-electron chi connectivity index (χ2n) is 2.30. The zero-order valence-corrected chi connectivity index (χ0v) is 8.89. The average molecular weight is 192 g/mol. The molecule has 0 aromatic heterocycles. The van der Waals surface area contributed by atoms with Crippen LogP contribution in [0.3, 0.4) is 0 Å². The molecular weight excluding hydrogens is 176 g/mol. The maximum Gasteiger partial charge on any atom is 0.246 e. The van der Waals surface area contributed by atoms with Gasteiger partial charge in [0.15, 0.2) is 0 Å². The SMILES string of the molecule is CCCCSC(=O)SCCC. The van der Waals surface area contributed by atoms with E-state index >= 15 is 0 Å². The summed E-state index contributed by atoms with van der Waals surface area (Å²) in [5.41, 5.74) is 0. The highest BCUT2D eigenvalue weighted by Crippen LogP contribution is 2.18. The Hall–Kier alpha value is 0.370. The maximum absolute atomic E-state index is 11.0. The van der Waals surface area contributed by atoms with Gasteiger partial charge in [0.2, 0.25) is 4.45 Å². The highest BCUT2D eigenvalue weighted by molar-refractivity contribution is 8.38. The molecule has 0 unspecified atom stereocenters. The summed E-state index contributed by atoms with van der Waals surface area (Å²) in [6.07, 6.45) is 3.42. The zero-order chi connectivity index (χ0) is 8.53. The van der Waals surface area contributed by atoms with E-state index in [9.17, 15) is 4.79 Å². The lowest BCUT2D eigenvalue weighted by molar-refractivity contribution is 0.276. The molecule has 0 radical (unpaired) electrons. The van der Waals surface area contributed by atoms with Gasteiger partial charge in [-0.2, -0.15) is 0 Å². The van der Waals surface area contributed by atoms with Gasteiger partial charge in [-0.05, 0) is 12.8 Å². The second-order valence-corrected chi connectivity index (χ2v) is 4.69. The summed E-state index contributed by atoms with van der Waals surface area (Å²) in [4.78, 5) is 11.0. The fourth-order valence-electron chi connectivity index (χ4n) is 0.527. The van der Waals surface area contributed by atoms with Gasteiger partial charge < -0.3 is 0 Å². The smallest absolute Gasteiger partial charge is 0.246 e. The summed E-state index contributed by atoms with van der Waals surface area (Å²) in [7, 11) is 0. The van der Waals surface area contributed by atoms with Crippen LogP contribution < -0.4 is 0 Å². The molecule has 0 fully saturated rings. The van der Waals surface area contributed by atoms with Crippen molar-refractivity contribution in [2.45, 2.75) is 33.1 Å². The number of carbonyl (C=O) groups is 1. The van der Waals surface area contributed by atoms with E-state index in [2.05, 4.69) is 13.8 Å². The van der Waals surface area contributed by atoms with Crippen LogP contribution in [0, 0.1) is 0 Å². The van der Waals surface area contributed by atoms with Crippen molar-refractivity contribution in [2.75, 3.05) is 11.5 Å². The van der Waals surface area contributed by atoms with Gasteiger partial charge in [0, 0.05) is 11.5 Å². The Labute approximate surface area is 77.7 Å². The van der Waals surface area contributed by atoms with Gasteiger partial charge in [0.1, 0.15) is 0 Å². The lowest BCUT2D eigenvalue weighted by atomic mass is 10.4. The Morgan fingerprint density at radius 3 is 2.27 bits per heavy atom. The molecule has 0 rings (SSSR count). The van der Waals surface area contributed by atoms with Gasteiger partial charge in [-0.25, -0.2) is 0 Å². The fraction of sp³-hybridized carbons (Fsp3) is 0.875. The molecule has 0 heterocycles. The predicted molar refractivity (Wildman–Crippen MR) is 55.5 cm³/mol. The third kappa shape index (κ3) is 8.27. The maximum atomic E-state index is 11.0. The van der Waals surface area contributed by atoms with Gasteiger partial charge in [0.05, 0.1) is 0 Å². The monoisotopic (exact) mass is 192 g/mol. The van der Waals surface area contributed by atoms with Crippen LogP contribution in [0.2, 0.25) is 0 Å². The molecule has 0 saturated carbocycles. The zero-order valence-electron chi connectivity index (χ0n) is 7.26.